The molecule has 5 nitrogen and oxygen atoms in total. The maximum absolute atomic E-state index is 11.8. The van der Waals surface area contributed by atoms with Crippen LogP contribution < -0.4 is 5.32 Å². The Balaban J connectivity index is 2.13. The van der Waals surface area contributed by atoms with Crippen molar-refractivity contribution in [3.05, 3.63) is 35.3 Å². The zero-order valence-corrected chi connectivity index (χ0v) is 9.86. The number of carbonyl (C=O) groups is 1. The van der Waals surface area contributed by atoms with Crippen molar-refractivity contribution in [3.63, 3.8) is 0 Å². The standard InChI is InChI=1S/C10H12N4OS/c1-10(2,8-12-4-6-16-8)13-9(15)14-5-3-11-7-14/h3-7H,1-2H3,(H,13,15). The zero-order chi connectivity index (χ0) is 11.6. The average Bonchev–Trinajstić information content (AvgIpc) is 2.91. The van der Waals surface area contributed by atoms with Crippen LogP contribution in [0.2, 0.25) is 0 Å². The maximum atomic E-state index is 11.8. The van der Waals surface area contributed by atoms with E-state index in [1.807, 2.05) is 19.2 Å². The summed E-state index contributed by atoms with van der Waals surface area (Å²) in [6, 6.07) is -0.210. The van der Waals surface area contributed by atoms with Gasteiger partial charge in [0.05, 0.1) is 5.54 Å². The van der Waals surface area contributed by atoms with Crippen LogP contribution in [0.5, 0.6) is 0 Å². The lowest BCUT2D eigenvalue weighted by Gasteiger charge is -2.23. The summed E-state index contributed by atoms with van der Waals surface area (Å²) in [6.45, 7) is 3.83. The van der Waals surface area contributed by atoms with Gasteiger partial charge in [0.25, 0.3) is 0 Å². The highest BCUT2D eigenvalue weighted by Gasteiger charge is 2.25. The Morgan fingerprint density at radius 2 is 2.31 bits per heavy atom. The van der Waals surface area contributed by atoms with E-state index in [-0.39, 0.29) is 6.03 Å². The van der Waals surface area contributed by atoms with Gasteiger partial charge in [0.2, 0.25) is 0 Å². The van der Waals surface area contributed by atoms with Crippen LogP contribution in [-0.4, -0.2) is 20.6 Å². The highest BCUT2D eigenvalue weighted by atomic mass is 32.1. The Morgan fingerprint density at radius 3 is 2.88 bits per heavy atom. The van der Waals surface area contributed by atoms with E-state index in [2.05, 4.69) is 15.3 Å². The van der Waals surface area contributed by atoms with E-state index in [1.54, 1.807) is 18.6 Å². The van der Waals surface area contributed by atoms with Crippen molar-refractivity contribution >= 4 is 17.4 Å². The zero-order valence-electron chi connectivity index (χ0n) is 9.04. The minimum absolute atomic E-state index is 0.210. The largest absolute Gasteiger partial charge is 0.327 e. The molecule has 0 aliphatic carbocycles. The van der Waals surface area contributed by atoms with Gasteiger partial charge in [-0.15, -0.1) is 11.3 Å². The number of thiazole rings is 1. The molecule has 0 unspecified atom stereocenters. The molecule has 2 aromatic rings. The summed E-state index contributed by atoms with van der Waals surface area (Å²) in [4.78, 5) is 19.8. The first-order valence-electron chi connectivity index (χ1n) is 4.80. The summed E-state index contributed by atoms with van der Waals surface area (Å²) in [5, 5.41) is 5.66. The fraction of sp³-hybridized carbons (Fsp3) is 0.300. The van der Waals surface area contributed by atoms with Crippen molar-refractivity contribution in [1.29, 1.82) is 0 Å². The van der Waals surface area contributed by atoms with Crippen LogP contribution in [0, 0.1) is 0 Å². The Kier molecular flexibility index (Phi) is 2.74. The quantitative estimate of drug-likeness (QED) is 0.865. The number of carbonyl (C=O) groups excluding carboxylic acids is 1. The van der Waals surface area contributed by atoms with Gasteiger partial charge in [0.15, 0.2) is 0 Å². The average molecular weight is 236 g/mol. The predicted octanol–water partition coefficient (Wildman–Crippen LogP) is 1.83. The molecule has 0 aromatic carbocycles. The van der Waals surface area contributed by atoms with E-state index < -0.39 is 5.54 Å². The second-order valence-corrected chi connectivity index (χ2v) is 4.76. The van der Waals surface area contributed by atoms with E-state index in [1.165, 1.54) is 22.2 Å². The molecule has 1 amide bonds. The van der Waals surface area contributed by atoms with Crippen molar-refractivity contribution in [3.8, 4) is 0 Å². The van der Waals surface area contributed by atoms with Gasteiger partial charge in [-0.25, -0.2) is 14.8 Å². The third-order valence-electron chi connectivity index (χ3n) is 2.13. The smallest absolute Gasteiger partial charge is 0.326 e. The molecule has 2 aromatic heterocycles. The predicted molar refractivity (Wildman–Crippen MR) is 61.3 cm³/mol. The summed E-state index contributed by atoms with van der Waals surface area (Å²) >= 11 is 1.52. The number of nitrogens with zero attached hydrogens (tertiary/aromatic N) is 3. The van der Waals surface area contributed by atoms with E-state index in [4.69, 9.17) is 0 Å². The number of imidazole rings is 1. The van der Waals surface area contributed by atoms with E-state index >= 15 is 0 Å². The molecule has 1 N–H and O–H groups in total. The lowest BCUT2D eigenvalue weighted by molar-refractivity contribution is 0.231. The third kappa shape index (κ3) is 2.11. The van der Waals surface area contributed by atoms with Crippen molar-refractivity contribution in [2.24, 2.45) is 0 Å². The van der Waals surface area contributed by atoms with Crippen LogP contribution in [0.1, 0.15) is 18.9 Å². The Morgan fingerprint density at radius 1 is 1.50 bits per heavy atom. The first-order valence-corrected chi connectivity index (χ1v) is 5.68. The molecular weight excluding hydrogens is 224 g/mol. The maximum Gasteiger partial charge on any atom is 0.327 e. The van der Waals surface area contributed by atoms with E-state index in [0.717, 1.165) is 5.01 Å². The van der Waals surface area contributed by atoms with Crippen LogP contribution in [-0.2, 0) is 5.54 Å². The molecule has 0 fully saturated rings. The van der Waals surface area contributed by atoms with Crippen molar-refractivity contribution in [2.45, 2.75) is 19.4 Å². The molecule has 0 saturated heterocycles. The van der Waals surface area contributed by atoms with Gasteiger partial charge in [-0.05, 0) is 13.8 Å². The van der Waals surface area contributed by atoms with E-state index in [0.29, 0.717) is 0 Å². The third-order valence-corrected chi connectivity index (χ3v) is 3.22. The minimum atomic E-state index is -0.477. The molecular formula is C10H12N4OS. The lowest BCUT2D eigenvalue weighted by Crippen LogP contribution is -2.42. The highest BCUT2D eigenvalue weighted by Crippen LogP contribution is 2.21. The molecule has 0 aliphatic rings. The molecule has 6 heteroatoms. The number of amides is 1. The van der Waals surface area contributed by atoms with Crippen molar-refractivity contribution in [2.75, 3.05) is 0 Å². The molecule has 16 heavy (non-hydrogen) atoms. The molecule has 0 aliphatic heterocycles. The first-order chi connectivity index (χ1) is 7.59. The molecule has 2 heterocycles. The van der Waals surface area contributed by atoms with Gasteiger partial charge in [-0.1, -0.05) is 0 Å². The Bertz CT molecular complexity index is 461. The fourth-order valence-corrected chi connectivity index (χ4v) is 2.01. The molecule has 0 spiro atoms. The second kappa shape index (κ2) is 4.05. The summed E-state index contributed by atoms with van der Waals surface area (Å²) in [6.07, 6.45) is 6.36. The van der Waals surface area contributed by atoms with Gasteiger partial charge in [0.1, 0.15) is 11.3 Å². The summed E-state index contributed by atoms with van der Waals surface area (Å²) in [5.41, 5.74) is -0.477. The number of hydrogen-bond donors (Lipinski definition) is 1. The molecule has 0 saturated carbocycles. The number of hydrogen-bond acceptors (Lipinski definition) is 4. The highest BCUT2D eigenvalue weighted by molar-refractivity contribution is 7.09. The van der Waals surface area contributed by atoms with Gasteiger partial charge in [-0.3, -0.25) is 4.57 Å². The molecule has 84 valence electrons. The number of nitrogens with one attached hydrogen (secondary N) is 1. The lowest BCUT2D eigenvalue weighted by atomic mass is 10.1. The van der Waals surface area contributed by atoms with Crippen molar-refractivity contribution < 1.29 is 4.79 Å². The fourth-order valence-electron chi connectivity index (χ4n) is 1.30. The van der Waals surface area contributed by atoms with Crippen LogP contribution in [0.15, 0.2) is 30.3 Å². The molecule has 2 rings (SSSR count). The summed E-state index contributed by atoms with van der Waals surface area (Å²) < 4.78 is 1.40. The second-order valence-electron chi connectivity index (χ2n) is 3.86. The number of aromatic nitrogens is 3. The van der Waals surface area contributed by atoms with E-state index in [9.17, 15) is 4.79 Å². The van der Waals surface area contributed by atoms with Gasteiger partial charge in [-0.2, -0.15) is 0 Å². The van der Waals surface area contributed by atoms with Crippen LogP contribution in [0.4, 0.5) is 4.79 Å². The molecule has 0 bridgehead atoms. The SMILES string of the molecule is CC(C)(NC(=O)n1ccnc1)c1nccs1. The Hall–Kier alpha value is -1.69. The van der Waals surface area contributed by atoms with Crippen LogP contribution in [0.3, 0.4) is 0 Å². The minimum Gasteiger partial charge on any atom is -0.326 e. The van der Waals surface area contributed by atoms with Gasteiger partial charge < -0.3 is 5.32 Å². The van der Waals surface area contributed by atoms with Crippen LogP contribution in [0.25, 0.3) is 0 Å². The summed E-state index contributed by atoms with van der Waals surface area (Å²) in [7, 11) is 0. The van der Waals surface area contributed by atoms with Gasteiger partial charge in [0, 0.05) is 24.0 Å². The summed E-state index contributed by atoms with van der Waals surface area (Å²) in [5.74, 6) is 0. The molecule has 0 radical (unpaired) electrons. The topological polar surface area (TPSA) is 59.8 Å². The normalized spacial score (nSPS) is 11.4. The van der Waals surface area contributed by atoms with Gasteiger partial charge >= 0.3 is 6.03 Å². The van der Waals surface area contributed by atoms with Crippen LogP contribution >= 0.6 is 11.3 Å². The Labute approximate surface area is 97.2 Å². The number of rotatable bonds is 2. The first kappa shape index (κ1) is 10.8. The monoisotopic (exact) mass is 236 g/mol. The molecule has 0 atom stereocenters. The van der Waals surface area contributed by atoms with Crippen molar-refractivity contribution in [1.82, 2.24) is 19.9 Å².